The molecule has 0 atom stereocenters. The molecule has 3 heteroatoms. The lowest BCUT2D eigenvalue weighted by Crippen LogP contribution is -2.05. The number of anilines is 1. The summed E-state index contributed by atoms with van der Waals surface area (Å²) in [6.45, 7) is 9.69. The molecule has 21 heavy (non-hydrogen) atoms. The predicted molar refractivity (Wildman–Crippen MR) is 93.9 cm³/mol. The maximum Gasteiger partial charge on any atom is 0.0595 e. The van der Waals surface area contributed by atoms with Crippen molar-refractivity contribution in [2.24, 2.45) is 0 Å². The van der Waals surface area contributed by atoms with E-state index in [1.807, 2.05) is 18.3 Å². The highest BCUT2D eigenvalue weighted by Gasteiger charge is 2.09. The molecule has 1 heterocycles. The molecule has 1 N–H and O–H groups in total. The number of hydrogen-bond donors (Lipinski definition) is 1. The summed E-state index contributed by atoms with van der Waals surface area (Å²) in [5.74, 6) is 1.06. The Labute approximate surface area is 136 Å². The second kappa shape index (κ2) is 7.08. The number of pyridine rings is 1. The standard InChI is InChI=1S/C18H23BrN2/c1-12(2)14-5-8-18(17(9-14)13(3)4)21-11-16-7-6-15(19)10-20-16/h5-10,12-13,21H,11H2,1-4H3. The molecule has 1 aromatic carbocycles. The highest BCUT2D eigenvalue weighted by molar-refractivity contribution is 9.10. The molecular formula is C18H23BrN2. The topological polar surface area (TPSA) is 24.9 Å². The molecule has 1 aromatic heterocycles. The third kappa shape index (κ3) is 4.31. The molecule has 0 radical (unpaired) electrons. The second-order valence-electron chi connectivity index (χ2n) is 5.98. The number of halogens is 1. The molecule has 2 nitrogen and oxygen atoms in total. The predicted octanol–water partition coefficient (Wildman–Crippen LogP) is 5.70. The quantitative estimate of drug-likeness (QED) is 0.750. The van der Waals surface area contributed by atoms with Gasteiger partial charge in [0.25, 0.3) is 0 Å². The first kappa shape index (κ1) is 16.0. The van der Waals surface area contributed by atoms with Crippen molar-refractivity contribution in [3.05, 3.63) is 57.8 Å². The van der Waals surface area contributed by atoms with Crippen LogP contribution in [0.15, 0.2) is 41.0 Å². The Morgan fingerprint density at radius 2 is 1.81 bits per heavy atom. The van der Waals surface area contributed by atoms with Crippen LogP contribution in [-0.4, -0.2) is 4.98 Å². The van der Waals surface area contributed by atoms with Crippen LogP contribution in [0.25, 0.3) is 0 Å². The molecule has 0 aliphatic heterocycles. The first-order chi connectivity index (χ1) is 9.97. The SMILES string of the molecule is CC(C)c1ccc(NCc2ccc(Br)cn2)c(C(C)C)c1. The maximum atomic E-state index is 4.40. The van der Waals surface area contributed by atoms with Crippen LogP contribution in [0.3, 0.4) is 0 Å². The van der Waals surface area contributed by atoms with Crippen molar-refractivity contribution in [1.29, 1.82) is 0 Å². The Balaban J connectivity index is 2.17. The number of hydrogen-bond acceptors (Lipinski definition) is 2. The van der Waals surface area contributed by atoms with Gasteiger partial charge < -0.3 is 5.32 Å². The van der Waals surface area contributed by atoms with Gasteiger partial charge in [-0.3, -0.25) is 4.98 Å². The van der Waals surface area contributed by atoms with Crippen LogP contribution in [-0.2, 0) is 6.54 Å². The first-order valence-corrected chi connectivity index (χ1v) is 8.25. The van der Waals surface area contributed by atoms with Crippen LogP contribution in [0.2, 0.25) is 0 Å². The Hall–Kier alpha value is -1.35. The molecule has 112 valence electrons. The number of aromatic nitrogens is 1. The van der Waals surface area contributed by atoms with E-state index in [1.54, 1.807) is 0 Å². The van der Waals surface area contributed by atoms with Gasteiger partial charge in [-0.1, -0.05) is 39.8 Å². The highest BCUT2D eigenvalue weighted by Crippen LogP contribution is 2.28. The summed E-state index contributed by atoms with van der Waals surface area (Å²) in [6, 6.07) is 10.8. The van der Waals surface area contributed by atoms with Gasteiger partial charge in [-0.2, -0.15) is 0 Å². The zero-order valence-electron chi connectivity index (χ0n) is 13.2. The Morgan fingerprint density at radius 1 is 1.05 bits per heavy atom. The molecule has 0 unspecified atom stereocenters. The van der Waals surface area contributed by atoms with Gasteiger partial charge in [-0.05, 0) is 57.1 Å². The van der Waals surface area contributed by atoms with Crippen LogP contribution in [0.5, 0.6) is 0 Å². The Kier molecular flexibility index (Phi) is 5.40. The minimum absolute atomic E-state index is 0.504. The smallest absolute Gasteiger partial charge is 0.0595 e. The summed E-state index contributed by atoms with van der Waals surface area (Å²) in [4.78, 5) is 4.40. The number of rotatable bonds is 5. The van der Waals surface area contributed by atoms with Crippen LogP contribution >= 0.6 is 15.9 Å². The van der Waals surface area contributed by atoms with E-state index in [-0.39, 0.29) is 0 Å². The number of nitrogens with zero attached hydrogens (tertiary/aromatic N) is 1. The molecule has 0 fully saturated rings. The monoisotopic (exact) mass is 346 g/mol. The van der Waals surface area contributed by atoms with Crippen LogP contribution in [0, 0.1) is 0 Å². The number of nitrogens with one attached hydrogen (secondary N) is 1. The van der Waals surface area contributed by atoms with Crippen molar-refractivity contribution < 1.29 is 0 Å². The van der Waals surface area contributed by atoms with Crippen molar-refractivity contribution >= 4 is 21.6 Å². The first-order valence-electron chi connectivity index (χ1n) is 7.45. The zero-order chi connectivity index (χ0) is 15.4. The molecule has 0 bridgehead atoms. The van der Waals surface area contributed by atoms with E-state index in [0.717, 1.165) is 16.7 Å². The molecule has 0 aliphatic carbocycles. The summed E-state index contributed by atoms with van der Waals surface area (Å²) >= 11 is 3.41. The average molecular weight is 347 g/mol. The summed E-state index contributed by atoms with van der Waals surface area (Å²) in [5.41, 5.74) is 5.02. The molecule has 2 rings (SSSR count). The summed E-state index contributed by atoms with van der Waals surface area (Å²) in [7, 11) is 0. The normalized spacial score (nSPS) is 11.2. The Bertz CT molecular complexity index is 589. The molecule has 0 saturated carbocycles. The van der Waals surface area contributed by atoms with Crippen molar-refractivity contribution in [1.82, 2.24) is 4.98 Å². The van der Waals surface area contributed by atoms with Crippen molar-refractivity contribution in [2.45, 2.75) is 46.1 Å². The van der Waals surface area contributed by atoms with E-state index >= 15 is 0 Å². The lowest BCUT2D eigenvalue weighted by molar-refractivity contribution is 0.833. The minimum Gasteiger partial charge on any atom is -0.379 e. The summed E-state index contributed by atoms with van der Waals surface area (Å²) in [6.07, 6.45) is 1.84. The fourth-order valence-electron chi connectivity index (χ4n) is 2.28. The van der Waals surface area contributed by atoms with Gasteiger partial charge in [0.1, 0.15) is 0 Å². The van der Waals surface area contributed by atoms with E-state index < -0.39 is 0 Å². The molecule has 2 aromatic rings. The van der Waals surface area contributed by atoms with Crippen molar-refractivity contribution in [2.75, 3.05) is 5.32 Å². The molecule has 0 aliphatic rings. The van der Waals surface area contributed by atoms with Gasteiger partial charge in [0.15, 0.2) is 0 Å². The summed E-state index contributed by atoms with van der Waals surface area (Å²) < 4.78 is 1.01. The van der Waals surface area contributed by atoms with Crippen LogP contribution < -0.4 is 5.32 Å². The third-order valence-corrected chi connectivity index (χ3v) is 4.08. The number of benzene rings is 1. The maximum absolute atomic E-state index is 4.40. The molecular weight excluding hydrogens is 324 g/mol. The van der Waals surface area contributed by atoms with E-state index in [9.17, 15) is 0 Å². The van der Waals surface area contributed by atoms with Gasteiger partial charge in [0.2, 0.25) is 0 Å². The van der Waals surface area contributed by atoms with Gasteiger partial charge in [0, 0.05) is 16.4 Å². The fraction of sp³-hybridized carbons (Fsp3) is 0.389. The largest absolute Gasteiger partial charge is 0.379 e. The van der Waals surface area contributed by atoms with Crippen molar-refractivity contribution in [3.8, 4) is 0 Å². The van der Waals surface area contributed by atoms with E-state index in [2.05, 4.69) is 72.1 Å². The van der Waals surface area contributed by atoms with Crippen LogP contribution in [0.4, 0.5) is 5.69 Å². The Morgan fingerprint density at radius 3 is 2.38 bits per heavy atom. The minimum atomic E-state index is 0.504. The van der Waals surface area contributed by atoms with E-state index in [0.29, 0.717) is 11.8 Å². The lowest BCUT2D eigenvalue weighted by Gasteiger charge is -2.17. The molecule has 0 saturated heterocycles. The van der Waals surface area contributed by atoms with Gasteiger partial charge in [0.05, 0.1) is 12.2 Å². The van der Waals surface area contributed by atoms with Gasteiger partial charge in [-0.25, -0.2) is 0 Å². The third-order valence-electron chi connectivity index (χ3n) is 3.61. The summed E-state index contributed by atoms with van der Waals surface area (Å²) in [5, 5.41) is 3.52. The van der Waals surface area contributed by atoms with E-state index in [4.69, 9.17) is 0 Å². The lowest BCUT2D eigenvalue weighted by atomic mass is 9.94. The molecule has 0 spiro atoms. The fourth-order valence-corrected chi connectivity index (χ4v) is 2.51. The van der Waals surface area contributed by atoms with Gasteiger partial charge >= 0.3 is 0 Å². The zero-order valence-corrected chi connectivity index (χ0v) is 14.7. The van der Waals surface area contributed by atoms with Gasteiger partial charge in [-0.15, -0.1) is 0 Å². The average Bonchev–Trinajstić information content (AvgIpc) is 2.46. The molecule has 0 amide bonds. The van der Waals surface area contributed by atoms with Crippen molar-refractivity contribution in [3.63, 3.8) is 0 Å². The van der Waals surface area contributed by atoms with Crippen LogP contribution in [0.1, 0.15) is 56.4 Å². The highest BCUT2D eigenvalue weighted by atomic mass is 79.9. The van der Waals surface area contributed by atoms with E-state index in [1.165, 1.54) is 16.8 Å². The second-order valence-corrected chi connectivity index (χ2v) is 6.89.